The molecule has 0 aliphatic carbocycles. The standard InChI is InChI=1S/C20H22N2O6/c1-13(2)11-21-18(20(25)28-12-14-6-4-3-5-7-14)16-9-8-15(19(23)24)10-17(16)22(26)27/h3-10,13,18,21H,11-12H2,1-2H3,(H,23,24)/t18-/m0/s1. The summed E-state index contributed by atoms with van der Waals surface area (Å²) in [7, 11) is 0. The third kappa shape index (κ3) is 5.62. The summed E-state index contributed by atoms with van der Waals surface area (Å²) in [5.74, 6) is -1.77. The molecule has 0 unspecified atom stereocenters. The Balaban J connectivity index is 2.32. The minimum Gasteiger partial charge on any atom is -0.478 e. The summed E-state index contributed by atoms with van der Waals surface area (Å²) in [6.07, 6.45) is 0. The van der Waals surface area contributed by atoms with Gasteiger partial charge in [-0.25, -0.2) is 9.59 Å². The van der Waals surface area contributed by atoms with Gasteiger partial charge in [-0.3, -0.25) is 10.1 Å². The number of rotatable bonds is 9. The Labute approximate surface area is 162 Å². The van der Waals surface area contributed by atoms with E-state index in [0.717, 1.165) is 11.6 Å². The van der Waals surface area contributed by atoms with E-state index in [4.69, 9.17) is 9.84 Å². The molecule has 2 aromatic carbocycles. The van der Waals surface area contributed by atoms with E-state index < -0.39 is 28.6 Å². The summed E-state index contributed by atoms with van der Waals surface area (Å²) >= 11 is 0. The minimum absolute atomic E-state index is 0.0283. The van der Waals surface area contributed by atoms with Crippen molar-refractivity contribution in [3.63, 3.8) is 0 Å². The predicted octanol–water partition coefficient (Wildman–Crippen LogP) is 3.32. The van der Waals surface area contributed by atoms with Crippen molar-refractivity contribution >= 4 is 17.6 Å². The van der Waals surface area contributed by atoms with E-state index >= 15 is 0 Å². The van der Waals surface area contributed by atoms with Crippen molar-refractivity contribution in [2.75, 3.05) is 6.54 Å². The molecule has 0 saturated carbocycles. The number of nitrogens with zero attached hydrogens (tertiary/aromatic N) is 1. The van der Waals surface area contributed by atoms with Gasteiger partial charge in [0.2, 0.25) is 0 Å². The van der Waals surface area contributed by atoms with E-state index in [0.29, 0.717) is 6.54 Å². The van der Waals surface area contributed by atoms with Crippen LogP contribution < -0.4 is 5.32 Å². The fraction of sp³-hybridized carbons (Fsp3) is 0.300. The Morgan fingerprint density at radius 1 is 1.18 bits per heavy atom. The molecule has 2 N–H and O–H groups in total. The number of carbonyl (C=O) groups excluding carboxylic acids is 1. The van der Waals surface area contributed by atoms with Gasteiger partial charge in [-0.05, 0) is 30.2 Å². The summed E-state index contributed by atoms with van der Waals surface area (Å²) in [5, 5.41) is 23.5. The van der Waals surface area contributed by atoms with Crippen LogP contribution in [-0.4, -0.2) is 28.5 Å². The number of carboxylic acids is 1. The molecule has 0 aliphatic rings. The second-order valence-corrected chi connectivity index (χ2v) is 6.66. The van der Waals surface area contributed by atoms with Crippen molar-refractivity contribution in [2.24, 2.45) is 5.92 Å². The molecule has 0 aromatic heterocycles. The number of aromatic carboxylic acids is 1. The smallest absolute Gasteiger partial charge is 0.335 e. The molecule has 28 heavy (non-hydrogen) atoms. The molecule has 0 bridgehead atoms. The fourth-order valence-electron chi connectivity index (χ4n) is 2.56. The molecule has 2 aromatic rings. The summed E-state index contributed by atoms with van der Waals surface area (Å²) in [6.45, 7) is 4.31. The number of hydrogen-bond donors (Lipinski definition) is 2. The molecule has 0 heterocycles. The first-order valence-corrected chi connectivity index (χ1v) is 8.75. The zero-order chi connectivity index (χ0) is 20.7. The number of carbonyl (C=O) groups is 2. The van der Waals surface area contributed by atoms with E-state index in [1.165, 1.54) is 12.1 Å². The maximum absolute atomic E-state index is 12.7. The lowest BCUT2D eigenvalue weighted by atomic mass is 10.0. The highest BCUT2D eigenvalue weighted by molar-refractivity contribution is 5.89. The zero-order valence-corrected chi connectivity index (χ0v) is 15.6. The van der Waals surface area contributed by atoms with Gasteiger partial charge in [0, 0.05) is 6.07 Å². The molecule has 0 aliphatic heterocycles. The number of nitro benzene ring substituents is 1. The third-order valence-corrected chi connectivity index (χ3v) is 3.97. The molecule has 1 atom stereocenters. The number of ether oxygens (including phenoxy) is 1. The Hall–Kier alpha value is -3.26. The van der Waals surface area contributed by atoms with E-state index in [9.17, 15) is 19.7 Å². The highest BCUT2D eigenvalue weighted by Crippen LogP contribution is 2.28. The van der Waals surface area contributed by atoms with E-state index in [1.807, 2.05) is 32.0 Å². The predicted molar refractivity (Wildman–Crippen MR) is 102 cm³/mol. The molecular weight excluding hydrogens is 364 g/mol. The van der Waals surface area contributed by atoms with Gasteiger partial charge in [0.1, 0.15) is 12.6 Å². The Kier molecular flexibility index (Phi) is 7.22. The number of nitro groups is 1. The quantitative estimate of drug-likeness (QED) is 0.385. The lowest BCUT2D eigenvalue weighted by Crippen LogP contribution is -2.33. The van der Waals surface area contributed by atoms with Crippen LogP contribution >= 0.6 is 0 Å². The van der Waals surface area contributed by atoms with Crippen LogP contribution in [0.3, 0.4) is 0 Å². The van der Waals surface area contributed by atoms with Gasteiger partial charge >= 0.3 is 11.9 Å². The zero-order valence-electron chi connectivity index (χ0n) is 15.6. The number of nitrogens with one attached hydrogen (secondary N) is 1. The largest absolute Gasteiger partial charge is 0.478 e. The lowest BCUT2D eigenvalue weighted by molar-refractivity contribution is -0.385. The van der Waals surface area contributed by atoms with Gasteiger partial charge in [-0.15, -0.1) is 0 Å². The maximum atomic E-state index is 12.7. The maximum Gasteiger partial charge on any atom is 0.335 e. The first-order valence-electron chi connectivity index (χ1n) is 8.75. The molecule has 0 spiro atoms. The normalized spacial score (nSPS) is 11.8. The minimum atomic E-state index is -1.28. The second-order valence-electron chi connectivity index (χ2n) is 6.66. The number of esters is 1. The highest BCUT2D eigenvalue weighted by Gasteiger charge is 2.30. The topological polar surface area (TPSA) is 119 Å². The van der Waals surface area contributed by atoms with Crippen molar-refractivity contribution < 1.29 is 24.4 Å². The van der Waals surface area contributed by atoms with Crippen LogP contribution in [0.4, 0.5) is 5.69 Å². The molecule has 0 amide bonds. The van der Waals surface area contributed by atoms with E-state index in [-0.39, 0.29) is 23.7 Å². The van der Waals surface area contributed by atoms with Crippen LogP contribution in [0.15, 0.2) is 48.5 Å². The van der Waals surface area contributed by atoms with Crippen molar-refractivity contribution in [1.82, 2.24) is 5.32 Å². The van der Waals surface area contributed by atoms with Crippen molar-refractivity contribution in [2.45, 2.75) is 26.5 Å². The van der Waals surface area contributed by atoms with Gasteiger partial charge in [0.15, 0.2) is 0 Å². The van der Waals surface area contributed by atoms with Gasteiger partial charge in [-0.2, -0.15) is 0 Å². The molecular formula is C20H22N2O6. The van der Waals surface area contributed by atoms with Crippen LogP contribution in [0.25, 0.3) is 0 Å². The first kappa shape index (κ1) is 21.0. The molecule has 0 radical (unpaired) electrons. The monoisotopic (exact) mass is 386 g/mol. The lowest BCUT2D eigenvalue weighted by Gasteiger charge is -2.19. The van der Waals surface area contributed by atoms with Gasteiger partial charge in [-0.1, -0.05) is 44.2 Å². The Morgan fingerprint density at radius 2 is 1.86 bits per heavy atom. The van der Waals surface area contributed by atoms with Gasteiger partial charge in [0.25, 0.3) is 5.69 Å². The SMILES string of the molecule is CC(C)CN[C@H](C(=O)OCc1ccccc1)c1ccc(C(=O)O)cc1[N+](=O)[O-]. The highest BCUT2D eigenvalue weighted by atomic mass is 16.6. The summed E-state index contributed by atoms with van der Waals surface area (Å²) < 4.78 is 5.35. The number of carboxylic acid groups (broad SMARTS) is 1. The van der Waals surface area contributed by atoms with E-state index in [1.54, 1.807) is 12.1 Å². The first-order chi connectivity index (χ1) is 13.3. The second kappa shape index (κ2) is 9.61. The Morgan fingerprint density at radius 3 is 2.43 bits per heavy atom. The molecule has 148 valence electrons. The average molecular weight is 386 g/mol. The number of benzene rings is 2. The van der Waals surface area contributed by atoms with Crippen LogP contribution in [0, 0.1) is 16.0 Å². The fourth-order valence-corrected chi connectivity index (χ4v) is 2.56. The molecule has 2 rings (SSSR count). The van der Waals surface area contributed by atoms with Crippen LogP contribution in [0.5, 0.6) is 0 Å². The average Bonchev–Trinajstić information content (AvgIpc) is 2.67. The van der Waals surface area contributed by atoms with Crippen LogP contribution in [0.1, 0.15) is 41.4 Å². The van der Waals surface area contributed by atoms with Gasteiger partial charge in [0.05, 0.1) is 16.1 Å². The van der Waals surface area contributed by atoms with Gasteiger partial charge < -0.3 is 15.2 Å². The van der Waals surface area contributed by atoms with Crippen molar-refractivity contribution in [1.29, 1.82) is 0 Å². The summed E-state index contributed by atoms with van der Waals surface area (Å²) in [4.78, 5) is 34.6. The van der Waals surface area contributed by atoms with Crippen LogP contribution in [-0.2, 0) is 16.1 Å². The molecule has 0 saturated heterocycles. The third-order valence-electron chi connectivity index (χ3n) is 3.97. The van der Waals surface area contributed by atoms with Crippen molar-refractivity contribution in [3.8, 4) is 0 Å². The molecule has 8 heteroatoms. The number of hydrogen-bond acceptors (Lipinski definition) is 6. The summed E-state index contributed by atoms with van der Waals surface area (Å²) in [5.41, 5.74) is 0.177. The molecule has 0 fully saturated rings. The van der Waals surface area contributed by atoms with E-state index in [2.05, 4.69) is 5.32 Å². The Bertz CT molecular complexity index is 851. The summed E-state index contributed by atoms with van der Waals surface area (Å²) in [6, 6.07) is 11.4. The van der Waals surface area contributed by atoms with Crippen LogP contribution in [0.2, 0.25) is 0 Å². The van der Waals surface area contributed by atoms with Crippen molar-refractivity contribution in [3.05, 3.63) is 75.3 Å². The molecule has 8 nitrogen and oxygen atoms in total.